The van der Waals surface area contributed by atoms with Crippen LogP contribution in [0, 0.1) is 17.8 Å². The zero-order valence-electron chi connectivity index (χ0n) is 13.7. The van der Waals surface area contributed by atoms with E-state index in [4.69, 9.17) is 0 Å². The van der Waals surface area contributed by atoms with E-state index in [1.165, 1.54) is 25.1 Å². The number of anilines is 1. The largest absolute Gasteiger partial charge is 0.338 e. The first-order valence-corrected chi connectivity index (χ1v) is 9.50. The number of nitrogens with zero attached hydrogens (tertiary/aromatic N) is 1. The zero-order chi connectivity index (χ0) is 16.4. The summed E-state index contributed by atoms with van der Waals surface area (Å²) < 4.78 is 0. The highest BCUT2D eigenvalue weighted by atomic mass is 32.1. The van der Waals surface area contributed by atoms with Gasteiger partial charge in [0.1, 0.15) is 0 Å². The molecule has 2 heterocycles. The molecule has 24 heavy (non-hydrogen) atoms. The van der Waals surface area contributed by atoms with E-state index in [1.54, 1.807) is 11.3 Å². The van der Waals surface area contributed by atoms with E-state index in [-0.39, 0.29) is 6.03 Å². The summed E-state index contributed by atoms with van der Waals surface area (Å²) in [6.45, 7) is 4.21. The number of benzene rings is 1. The van der Waals surface area contributed by atoms with Crippen molar-refractivity contribution in [1.29, 1.82) is 0 Å². The third kappa shape index (κ3) is 3.47. The summed E-state index contributed by atoms with van der Waals surface area (Å²) in [5.74, 6) is 2.20. The molecule has 2 fully saturated rings. The second-order valence-corrected chi connectivity index (χ2v) is 7.86. The molecule has 2 aliphatic rings. The minimum atomic E-state index is -0.0833. The highest BCUT2D eigenvalue weighted by Crippen LogP contribution is 2.45. The first-order chi connectivity index (χ1) is 11.8. The standard InChI is InChI=1S/C19H23N3OS/c23-19(21-18-7-4-8-24-18)20-10-15-9-16-12-22(13-17(15)16)11-14-5-2-1-3-6-14/h1-8,15-17H,9-13H2,(H2,20,21,23). The van der Waals surface area contributed by atoms with Crippen LogP contribution in [0.2, 0.25) is 0 Å². The van der Waals surface area contributed by atoms with Crippen LogP contribution in [0.4, 0.5) is 9.80 Å². The van der Waals surface area contributed by atoms with Crippen molar-refractivity contribution < 1.29 is 4.79 Å². The number of fused-ring (bicyclic) bond motifs is 1. The molecule has 2 aromatic rings. The minimum absolute atomic E-state index is 0.0833. The van der Waals surface area contributed by atoms with Crippen LogP contribution in [0.1, 0.15) is 12.0 Å². The van der Waals surface area contributed by atoms with Crippen LogP contribution in [0.25, 0.3) is 0 Å². The summed E-state index contributed by atoms with van der Waals surface area (Å²) in [6.07, 6.45) is 1.25. The highest BCUT2D eigenvalue weighted by molar-refractivity contribution is 7.14. The fraction of sp³-hybridized carbons (Fsp3) is 0.421. The molecule has 3 atom stereocenters. The number of nitrogens with one attached hydrogen (secondary N) is 2. The monoisotopic (exact) mass is 341 g/mol. The van der Waals surface area contributed by atoms with E-state index in [9.17, 15) is 4.79 Å². The van der Waals surface area contributed by atoms with Gasteiger partial charge in [0.2, 0.25) is 0 Å². The molecule has 1 saturated heterocycles. The molecule has 2 amide bonds. The van der Waals surface area contributed by atoms with Gasteiger partial charge in [0.15, 0.2) is 0 Å². The molecule has 0 radical (unpaired) electrons. The summed E-state index contributed by atoms with van der Waals surface area (Å²) in [6, 6.07) is 14.5. The number of carbonyl (C=O) groups is 1. The third-order valence-electron chi connectivity index (χ3n) is 5.31. The van der Waals surface area contributed by atoms with Gasteiger partial charge in [-0.25, -0.2) is 4.79 Å². The molecule has 1 aliphatic carbocycles. The first-order valence-electron chi connectivity index (χ1n) is 8.62. The first kappa shape index (κ1) is 15.7. The van der Waals surface area contributed by atoms with E-state index in [0.29, 0.717) is 5.92 Å². The molecule has 4 nitrogen and oxygen atoms in total. The number of rotatable bonds is 5. The van der Waals surface area contributed by atoms with Crippen LogP contribution >= 0.6 is 11.3 Å². The number of urea groups is 1. The molecule has 4 rings (SSSR count). The predicted molar refractivity (Wildman–Crippen MR) is 98.1 cm³/mol. The lowest BCUT2D eigenvalue weighted by Gasteiger charge is -2.39. The topological polar surface area (TPSA) is 44.4 Å². The Balaban J connectivity index is 1.22. The number of hydrogen-bond donors (Lipinski definition) is 2. The fourth-order valence-electron chi connectivity index (χ4n) is 4.07. The second kappa shape index (κ2) is 6.95. The van der Waals surface area contributed by atoms with Crippen molar-refractivity contribution in [3.05, 3.63) is 53.4 Å². The molecule has 3 unspecified atom stereocenters. The smallest absolute Gasteiger partial charge is 0.319 e. The molecule has 1 aromatic heterocycles. The second-order valence-electron chi connectivity index (χ2n) is 6.91. The minimum Gasteiger partial charge on any atom is -0.338 e. The maximum absolute atomic E-state index is 11.9. The predicted octanol–water partition coefficient (Wildman–Crippen LogP) is 3.64. The normalized spacial score (nSPS) is 25.8. The maximum atomic E-state index is 11.9. The molecule has 0 spiro atoms. The third-order valence-corrected chi connectivity index (χ3v) is 6.10. The quantitative estimate of drug-likeness (QED) is 0.872. The van der Waals surface area contributed by atoms with Gasteiger partial charge >= 0.3 is 6.03 Å². The molecule has 1 aromatic carbocycles. The Morgan fingerprint density at radius 2 is 2.04 bits per heavy atom. The number of amides is 2. The van der Waals surface area contributed by atoms with Gasteiger partial charge in [-0.1, -0.05) is 30.3 Å². The van der Waals surface area contributed by atoms with E-state index in [0.717, 1.165) is 29.9 Å². The van der Waals surface area contributed by atoms with Crippen molar-refractivity contribution in [2.45, 2.75) is 13.0 Å². The number of carbonyl (C=O) groups excluding carboxylic acids is 1. The Labute approximate surface area is 146 Å². The van der Waals surface area contributed by atoms with Gasteiger partial charge in [-0.15, -0.1) is 11.3 Å². The molecule has 1 saturated carbocycles. The van der Waals surface area contributed by atoms with E-state index < -0.39 is 0 Å². The SMILES string of the molecule is O=C(NCC1CC2CN(Cc3ccccc3)CC12)Nc1cccs1. The van der Waals surface area contributed by atoms with Crippen LogP contribution in [0.15, 0.2) is 47.8 Å². The van der Waals surface area contributed by atoms with Crippen molar-refractivity contribution >= 4 is 22.4 Å². The van der Waals surface area contributed by atoms with Gasteiger partial charge in [-0.05, 0) is 47.3 Å². The Morgan fingerprint density at radius 3 is 2.83 bits per heavy atom. The van der Waals surface area contributed by atoms with Crippen molar-refractivity contribution in [2.24, 2.45) is 17.8 Å². The average Bonchev–Trinajstić information content (AvgIpc) is 3.18. The van der Waals surface area contributed by atoms with Crippen molar-refractivity contribution in [3.63, 3.8) is 0 Å². The van der Waals surface area contributed by atoms with Crippen molar-refractivity contribution in [2.75, 3.05) is 25.0 Å². The number of hydrogen-bond acceptors (Lipinski definition) is 3. The van der Waals surface area contributed by atoms with Gasteiger partial charge in [0.25, 0.3) is 0 Å². The molecule has 126 valence electrons. The molecule has 1 aliphatic heterocycles. The summed E-state index contributed by atoms with van der Waals surface area (Å²) in [7, 11) is 0. The van der Waals surface area contributed by atoms with E-state index in [1.807, 2.05) is 17.5 Å². The van der Waals surface area contributed by atoms with Crippen LogP contribution in [0.3, 0.4) is 0 Å². The summed E-state index contributed by atoms with van der Waals surface area (Å²) in [5, 5.41) is 8.78. The van der Waals surface area contributed by atoms with Gasteiger partial charge in [0, 0.05) is 26.2 Å². The molecular weight excluding hydrogens is 318 g/mol. The Hall–Kier alpha value is -1.85. The van der Waals surface area contributed by atoms with Gasteiger partial charge < -0.3 is 5.32 Å². The van der Waals surface area contributed by atoms with Gasteiger partial charge in [0.05, 0.1) is 5.00 Å². The molecular formula is C19H23N3OS. The number of likely N-dealkylation sites (tertiary alicyclic amines) is 1. The summed E-state index contributed by atoms with van der Waals surface area (Å²) in [5.41, 5.74) is 1.39. The molecule has 0 bridgehead atoms. The average molecular weight is 341 g/mol. The van der Waals surface area contributed by atoms with Crippen molar-refractivity contribution in [1.82, 2.24) is 10.2 Å². The molecule has 2 N–H and O–H groups in total. The Bertz CT molecular complexity index is 673. The Kier molecular flexibility index (Phi) is 4.54. The lowest BCUT2D eigenvalue weighted by atomic mass is 9.67. The van der Waals surface area contributed by atoms with Gasteiger partial charge in [-0.2, -0.15) is 0 Å². The highest BCUT2D eigenvalue weighted by Gasteiger charge is 2.46. The fourth-order valence-corrected chi connectivity index (χ4v) is 4.69. The Morgan fingerprint density at radius 1 is 1.17 bits per heavy atom. The zero-order valence-corrected chi connectivity index (χ0v) is 14.5. The van der Waals surface area contributed by atoms with Crippen molar-refractivity contribution in [3.8, 4) is 0 Å². The van der Waals surface area contributed by atoms with Gasteiger partial charge in [-0.3, -0.25) is 10.2 Å². The lowest BCUT2D eigenvalue weighted by molar-refractivity contribution is 0.122. The van der Waals surface area contributed by atoms with Crippen LogP contribution in [-0.4, -0.2) is 30.6 Å². The summed E-state index contributed by atoms with van der Waals surface area (Å²) >= 11 is 1.54. The lowest BCUT2D eigenvalue weighted by Crippen LogP contribution is -2.44. The number of thiophene rings is 1. The molecule has 5 heteroatoms. The van der Waals surface area contributed by atoms with Crippen LogP contribution in [0.5, 0.6) is 0 Å². The van der Waals surface area contributed by atoms with E-state index >= 15 is 0 Å². The van der Waals surface area contributed by atoms with Crippen LogP contribution in [-0.2, 0) is 6.54 Å². The summed E-state index contributed by atoms with van der Waals surface area (Å²) in [4.78, 5) is 14.5. The van der Waals surface area contributed by atoms with Crippen LogP contribution < -0.4 is 10.6 Å². The van der Waals surface area contributed by atoms with E-state index in [2.05, 4.69) is 45.9 Å². The maximum Gasteiger partial charge on any atom is 0.319 e.